The van der Waals surface area contributed by atoms with Gasteiger partial charge in [0.05, 0.1) is 22.9 Å². The van der Waals surface area contributed by atoms with Gasteiger partial charge in [0.25, 0.3) is 5.91 Å². The van der Waals surface area contributed by atoms with Crippen LogP contribution in [0.3, 0.4) is 0 Å². The largest absolute Gasteiger partial charge is 0.359 e. The van der Waals surface area contributed by atoms with Crippen LogP contribution in [-0.4, -0.2) is 39.6 Å². The molecular formula is C17H19N5O. The first kappa shape index (κ1) is 14.0. The van der Waals surface area contributed by atoms with Gasteiger partial charge in [-0.3, -0.25) is 14.8 Å². The lowest BCUT2D eigenvalue weighted by atomic mass is 10.1. The molecule has 1 aliphatic rings. The number of carbonyl (C=O) groups is 1. The molecule has 23 heavy (non-hydrogen) atoms. The molecule has 1 unspecified atom stereocenters. The molecule has 1 saturated heterocycles. The zero-order valence-corrected chi connectivity index (χ0v) is 13.0. The number of amides is 1. The zero-order valence-electron chi connectivity index (χ0n) is 13.0. The maximum atomic E-state index is 12.5. The van der Waals surface area contributed by atoms with Crippen LogP contribution in [0.4, 0.5) is 5.69 Å². The first-order valence-electron chi connectivity index (χ1n) is 7.85. The van der Waals surface area contributed by atoms with Crippen molar-refractivity contribution in [2.75, 3.05) is 18.9 Å². The first-order valence-corrected chi connectivity index (χ1v) is 7.85. The van der Waals surface area contributed by atoms with E-state index in [-0.39, 0.29) is 5.91 Å². The first-order chi connectivity index (χ1) is 11.2. The maximum absolute atomic E-state index is 12.5. The smallest absolute Gasteiger partial charge is 0.276 e. The van der Waals surface area contributed by atoms with Crippen molar-refractivity contribution < 1.29 is 4.79 Å². The normalized spacial score (nSPS) is 18.6. The summed E-state index contributed by atoms with van der Waals surface area (Å²) >= 11 is 0. The predicted octanol–water partition coefficient (Wildman–Crippen LogP) is 2.91. The van der Waals surface area contributed by atoms with Gasteiger partial charge >= 0.3 is 0 Å². The summed E-state index contributed by atoms with van der Waals surface area (Å²) < 4.78 is 0. The van der Waals surface area contributed by atoms with E-state index in [2.05, 4.69) is 32.4 Å². The Kier molecular flexibility index (Phi) is 3.38. The molecule has 6 nitrogen and oxygen atoms in total. The molecule has 0 radical (unpaired) electrons. The van der Waals surface area contributed by atoms with E-state index in [0.29, 0.717) is 11.7 Å². The van der Waals surface area contributed by atoms with E-state index in [1.807, 2.05) is 36.5 Å². The number of aromatic amines is 2. The highest BCUT2D eigenvalue weighted by molar-refractivity contribution is 6.07. The number of nitrogens with zero attached hydrogens (tertiary/aromatic N) is 2. The molecule has 1 aliphatic heterocycles. The number of benzene rings is 1. The molecule has 1 aromatic carbocycles. The quantitative estimate of drug-likeness (QED) is 0.696. The number of hydrogen-bond acceptors (Lipinski definition) is 3. The number of nitrogens with one attached hydrogen (secondary N) is 3. The average molecular weight is 309 g/mol. The van der Waals surface area contributed by atoms with Crippen LogP contribution in [0.1, 0.15) is 35.1 Å². The SMILES string of the molecule is CN1CCCC1c1cc(C(=O)Nc2cccc3cc[nH]c23)n[nH]1. The fraction of sp³-hybridized carbons (Fsp3) is 0.294. The van der Waals surface area contributed by atoms with Crippen molar-refractivity contribution in [3.05, 3.63) is 47.9 Å². The molecule has 0 bridgehead atoms. The second-order valence-corrected chi connectivity index (χ2v) is 6.05. The van der Waals surface area contributed by atoms with Gasteiger partial charge in [0.2, 0.25) is 0 Å². The molecule has 1 fully saturated rings. The Balaban J connectivity index is 1.55. The van der Waals surface area contributed by atoms with Gasteiger partial charge < -0.3 is 10.3 Å². The van der Waals surface area contributed by atoms with Crippen LogP contribution in [0, 0.1) is 0 Å². The van der Waals surface area contributed by atoms with Gasteiger partial charge in [-0.25, -0.2) is 0 Å². The van der Waals surface area contributed by atoms with Crippen LogP contribution >= 0.6 is 0 Å². The van der Waals surface area contributed by atoms with E-state index in [9.17, 15) is 4.79 Å². The second kappa shape index (κ2) is 5.55. The van der Waals surface area contributed by atoms with E-state index in [0.717, 1.165) is 35.2 Å². The summed E-state index contributed by atoms with van der Waals surface area (Å²) in [5.41, 5.74) is 3.12. The Hall–Kier alpha value is -2.60. The van der Waals surface area contributed by atoms with Crippen LogP contribution in [0.2, 0.25) is 0 Å². The van der Waals surface area contributed by atoms with Crippen molar-refractivity contribution in [2.45, 2.75) is 18.9 Å². The highest BCUT2D eigenvalue weighted by atomic mass is 16.1. The molecule has 1 atom stereocenters. The minimum absolute atomic E-state index is 0.199. The second-order valence-electron chi connectivity index (χ2n) is 6.05. The van der Waals surface area contributed by atoms with Gasteiger partial charge in [0.15, 0.2) is 5.69 Å². The van der Waals surface area contributed by atoms with Gasteiger partial charge in [-0.15, -0.1) is 0 Å². The van der Waals surface area contributed by atoms with Crippen LogP contribution in [0.5, 0.6) is 0 Å². The van der Waals surface area contributed by atoms with E-state index in [1.165, 1.54) is 6.42 Å². The monoisotopic (exact) mass is 309 g/mol. The summed E-state index contributed by atoms with van der Waals surface area (Å²) in [6.07, 6.45) is 4.14. The number of fused-ring (bicyclic) bond motifs is 1. The number of likely N-dealkylation sites (tertiary alicyclic amines) is 1. The molecule has 3 heterocycles. The Morgan fingerprint density at radius 3 is 3.13 bits per heavy atom. The Bertz CT molecular complexity index is 849. The Morgan fingerprint density at radius 1 is 1.39 bits per heavy atom. The molecule has 0 aliphatic carbocycles. The van der Waals surface area contributed by atoms with Crippen LogP contribution in [0.15, 0.2) is 36.5 Å². The predicted molar refractivity (Wildman–Crippen MR) is 89.4 cm³/mol. The molecule has 3 aromatic rings. The number of H-pyrrole nitrogens is 2. The summed E-state index contributed by atoms with van der Waals surface area (Å²) in [7, 11) is 2.10. The third-order valence-electron chi connectivity index (χ3n) is 4.55. The van der Waals surface area contributed by atoms with Gasteiger partial charge in [-0.1, -0.05) is 12.1 Å². The highest BCUT2D eigenvalue weighted by Gasteiger charge is 2.25. The topological polar surface area (TPSA) is 76.8 Å². The number of rotatable bonds is 3. The van der Waals surface area contributed by atoms with Gasteiger partial charge in [-0.2, -0.15) is 5.10 Å². The van der Waals surface area contributed by atoms with Crippen molar-refractivity contribution in [3.8, 4) is 0 Å². The summed E-state index contributed by atoms with van der Waals surface area (Å²) in [4.78, 5) is 17.9. The number of para-hydroxylation sites is 1. The number of aromatic nitrogens is 3. The van der Waals surface area contributed by atoms with E-state index in [1.54, 1.807) is 0 Å². The summed E-state index contributed by atoms with van der Waals surface area (Å²) in [5, 5.41) is 11.2. The zero-order chi connectivity index (χ0) is 15.8. The summed E-state index contributed by atoms with van der Waals surface area (Å²) in [5.74, 6) is -0.199. The Morgan fingerprint density at radius 2 is 2.30 bits per heavy atom. The van der Waals surface area contributed by atoms with Crippen molar-refractivity contribution in [3.63, 3.8) is 0 Å². The molecule has 1 amide bonds. The minimum Gasteiger partial charge on any atom is -0.359 e. The molecule has 0 saturated carbocycles. The van der Waals surface area contributed by atoms with Crippen molar-refractivity contribution in [1.82, 2.24) is 20.1 Å². The van der Waals surface area contributed by atoms with Crippen LogP contribution < -0.4 is 5.32 Å². The van der Waals surface area contributed by atoms with Crippen LogP contribution in [0.25, 0.3) is 10.9 Å². The molecule has 118 valence electrons. The van der Waals surface area contributed by atoms with Gasteiger partial charge in [-0.05, 0) is 44.6 Å². The third kappa shape index (κ3) is 2.51. The van der Waals surface area contributed by atoms with E-state index < -0.39 is 0 Å². The van der Waals surface area contributed by atoms with Crippen molar-refractivity contribution in [1.29, 1.82) is 0 Å². The van der Waals surface area contributed by atoms with Crippen molar-refractivity contribution in [2.24, 2.45) is 0 Å². The van der Waals surface area contributed by atoms with E-state index >= 15 is 0 Å². The molecule has 4 rings (SSSR count). The maximum Gasteiger partial charge on any atom is 0.276 e. The average Bonchev–Trinajstić information content (AvgIpc) is 3.26. The number of hydrogen-bond donors (Lipinski definition) is 3. The number of carbonyl (C=O) groups excluding carboxylic acids is 1. The van der Waals surface area contributed by atoms with Gasteiger partial charge in [0, 0.05) is 11.6 Å². The summed E-state index contributed by atoms with van der Waals surface area (Å²) in [6.45, 7) is 1.08. The number of anilines is 1. The van der Waals surface area contributed by atoms with Crippen molar-refractivity contribution >= 4 is 22.5 Å². The molecule has 2 aromatic heterocycles. The molecular weight excluding hydrogens is 290 g/mol. The third-order valence-corrected chi connectivity index (χ3v) is 4.55. The minimum atomic E-state index is -0.199. The molecule has 3 N–H and O–H groups in total. The lowest BCUT2D eigenvalue weighted by Crippen LogP contribution is -2.17. The van der Waals surface area contributed by atoms with Crippen LogP contribution in [-0.2, 0) is 0 Å². The fourth-order valence-corrected chi connectivity index (χ4v) is 3.30. The lowest BCUT2D eigenvalue weighted by molar-refractivity contribution is 0.102. The molecule has 0 spiro atoms. The summed E-state index contributed by atoms with van der Waals surface area (Å²) in [6, 6.07) is 9.98. The fourth-order valence-electron chi connectivity index (χ4n) is 3.30. The Labute approximate surface area is 133 Å². The lowest BCUT2D eigenvalue weighted by Gasteiger charge is -2.16. The highest BCUT2D eigenvalue weighted by Crippen LogP contribution is 2.29. The van der Waals surface area contributed by atoms with E-state index in [4.69, 9.17) is 0 Å². The standard InChI is InChI=1S/C17H19N5O/c1-22-9-3-6-15(22)13-10-14(21-20-13)17(23)19-12-5-2-4-11-7-8-18-16(11)12/h2,4-5,7-8,10,15,18H,3,6,9H2,1H3,(H,19,23)(H,20,21). The molecule has 6 heteroatoms. The van der Waals surface area contributed by atoms with Gasteiger partial charge in [0.1, 0.15) is 0 Å².